The van der Waals surface area contributed by atoms with Crippen LogP contribution in [0.4, 0.5) is 10.8 Å². The molecule has 0 aliphatic heterocycles. The third-order valence-corrected chi connectivity index (χ3v) is 8.41. The van der Waals surface area contributed by atoms with Crippen molar-refractivity contribution in [2.45, 2.75) is 4.90 Å². The number of rotatable bonds is 11. The van der Waals surface area contributed by atoms with Gasteiger partial charge in [0.25, 0.3) is 11.8 Å². The minimum atomic E-state index is -0.525. The van der Waals surface area contributed by atoms with E-state index in [0.717, 1.165) is 10.5 Å². The summed E-state index contributed by atoms with van der Waals surface area (Å²) in [6, 6.07) is 30.3. The summed E-state index contributed by atoms with van der Waals surface area (Å²) in [7, 11) is 1.54. The number of carbonyl (C=O) groups excluding carboxylic acids is 3. The predicted octanol–water partition coefficient (Wildman–Crippen LogP) is 7.61. The van der Waals surface area contributed by atoms with E-state index in [0.29, 0.717) is 38.4 Å². The van der Waals surface area contributed by atoms with Gasteiger partial charge in [-0.1, -0.05) is 72.3 Å². The normalized spacial score (nSPS) is 11.0. The van der Waals surface area contributed by atoms with Crippen molar-refractivity contribution in [1.29, 1.82) is 0 Å². The summed E-state index contributed by atoms with van der Waals surface area (Å²) in [6.45, 7) is 0. The van der Waals surface area contributed by atoms with Gasteiger partial charge in [-0.2, -0.15) is 0 Å². The number of benzene rings is 4. The van der Waals surface area contributed by atoms with Crippen LogP contribution in [0.3, 0.4) is 0 Å². The topological polar surface area (TPSA) is 109 Å². The van der Waals surface area contributed by atoms with Crippen LogP contribution in [0.15, 0.2) is 119 Å². The summed E-state index contributed by atoms with van der Waals surface area (Å²) in [6.07, 6.45) is 1.56. The molecule has 0 fully saturated rings. The maximum absolute atomic E-state index is 13.5. The number of methoxy groups -OCH3 is 1. The molecule has 0 saturated carbocycles. The molecule has 5 aromatic rings. The maximum atomic E-state index is 13.5. The molecular weight excluding hydrogens is 628 g/mol. The van der Waals surface area contributed by atoms with E-state index in [-0.39, 0.29) is 17.4 Å². The molecule has 4 aromatic carbocycles. The Hall–Kier alpha value is -4.90. The van der Waals surface area contributed by atoms with Crippen molar-refractivity contribution in [3.63, 3.8) is 0 Å². The molecule has 11 heteroatoms. The Bertz CT molecular complexity index is 1860. The van der Waals surface area contributed by atoms with E-state index in [1.807, 2.05) is 41.8 Å². The highest BCUT2D eigenvalue weighted by Gasteiger charge is 2.17. The Morgan fingerprint density at radius 2 is 1.67 bits per heavy atom. The second kappa shape index (κ2) is 15.2. The van der Waals surface area contributed by atoms with Crippen molar-refractivity contribution >= 4 is 69.3 Å². The summed E-state index contributed by atoms with van der Waals surface area (Å²) in [5.74, 6) is -0.499. The molecule has 8 nitrogen and oxygen atoms in total. The van der Waals surface area contributed by atoms with Gasteiger partial charge in [-0.25, -0.2) is 4.98 Å². The largest absolute Gasteiger partial charge is 0.496 e. The van der Waals surface area contributed by atoms with Gasteiger partial charge in [-0.05, 0) is 48.5 Å². The summed E-state index contributed by atoms with van der Waals surface area (Å²) in [5, 5.41) is 11.3. The van der Waals surface area contributed by atoms with Gasteiger partial charge in [0.1, 0.15) is 11.4 Å². The van der Waals surface area contributed by atoms with Crippen LogP contribution < -0.4 is 20.7 Å². The summed E-state index contributed by atoms with van der Waals surface area (Å²) < 4.78 is 5.43. The number of hydrogen-bond donors (Lipinski definition) is 3. The molecule has 3 amide bonds. The lowest BCUT2D eigenvalue weighted by atomic mass is 10.1. The van der Waals surface area contributed by atoms with E-state index >= 15 is 0 Å². The number of para-hydroxylation sites is 1. The lowest BCUT2D eigenvalue weighted by molar-refractivity contribution is -0.114. The predicted molar refractivity (Wildman–Crippen MR) is 182 cm³/mol. The Morgan fingerprint density at radius 3 is 2.47 bits per heavy atom. The molecule has 0 aliphatic rings. The minimum Gasteiger partial charge on any atom is -0.496 e. The fourth-order valence-corrected chi connectivity index (χ4v) is 5.89. The zero-order chi connectivity index (χ0) is 31.6. The number of halogens is 1. The molecule has 0 atom stereocenters. The van der Waals surface area contributed by atoms with Crippen LogP contribution in [-0.4, -0.2) is 35.6 Å². The van der Waals surface area contributed by atoms with Crippen LogP contribution in [0.1, 0.15) is 15.9 Å². The van der Waals surface area contributed by atoms with Gasteiger partial charge in [0.15, 0.2) is 5.13 Å². The number of thiazole rings is 1. The molecule has 1 heterocycles. The first-order valence-electron chi connectivity index (χ1n) is 13.6. The average molecular weight is 655 g/mol. The van der Waals surface area contributed by atoms with Gasteiger partial charge in [-0.3, -0.25) is 14.4 Å². The molecule has 5 rings (SSSR count). The number of ether oxygens (including phenoxy) is 1. The van der Waals surface area contributed by atoms with Gasteiger partial charge >= 0.3 is 0 Å². The van der Waals surface area contributed by atoms with Gasteiger partial charge in [0.2, 0.25) is 5.91 Å². The smallest absolute Gasteiger partial charge is 0.272 e. The van der Waals surface area contributed by atoms with Gasteiger partial charge in [0.05, 0.1) is 18.6 Å². The van der Waals surface area contributed by atoms with Crippen LogP contribution in [0.25, 0.3) is 17.3 Å². The number of carbonyl (C=O) groups is 3. The van der Waals surface area contributed by atoms with Crippen molar-refractivity contribution < 1.29 is 19.1 Å². The zero-order valence-corrected chi connectivity index (χ0v) is 26.3. The van der Waals surface area contributed by atoms with E-state index in [4.69, 9.17) is 16.3 Å². The Kier molecular flexibility index (Phi) is 10.7. The highest BCUT2D eigenvalue weighted by atomic mass is 35.5. The number of aromatic nitrogens is 1. The molecule has 1 aromatic heterocycles. The molecule has 0 aliphatic carbocycles. The standard InChI is InChI=1S/C34H27ClN4O4S2/c1-43-30-17-8-5-12-23(30)18-28(37-32(41)22-10-3-2-4-11-22)33(42)36-24-13-9-14-25(19-24)44-21-31(40)39-34-38-29(20-45-34)26-15-6-7-16-27(26)35/h2-20H,21H2,1H3,(H,36,42)(H,37,41)(H,38,39,40)/b28-18+. The monoisotopic (exact) mass is 654 g/mol. The number of thioether (sulfide) groups is 1. The third kappa shape index (κ3) is 8.60. The first-order valence-corrected chi connectivity index (χ1v) is 15.9. The van der Waals surface area contributed by atoms with Crippen molar-refractivity contribution in [3.8, 4) is 17.0 Å². The second-order valence-corrected chi connectivity index (χ2v) is 11.8. The molecular formula is C34H27ClN4O4S2. The lowest BCUT2D eigenvalue weighted by Gasteiger charge is -2.13. The average Bonchev–Trinajstić information content (AvgIpc) is 3.52. The molecule has 0 unspecified atom stereocenters. The molecule has 3 N–H and O–H groups in total. The van der Waals surface area contributed by atoms with E-state index < -0.39 is 11.8 Å². The minimum absolute atomic E-state index is 0.0328. The fraction of sp³-hybridized carbons (Fsp3) is 0.0588. The Balaban J connectivity index is 1.25. The van der Waals surface area contributed by atoms with E-state index in [1.54, 1.807) is 72.8 Å². The Morgan fingerprint density at radius 1 is 0.911 bits per heavy atom. The van der Waals surface area contributed by atoms with Crippen molar-refractivity contribution in [3.05, 3.63) is 130 Å². The van der Waals surface area contributed by atoms with Crippen molar-refractivity contribution in [2.24, 2.45) is 0 Å². The molecule has 0 saturated heterocycles. The molecule has 226 valence electrons. The number of nitrogens with zero attached hydrogens (tertiary/aromatic N) is 1. The molecule has 0 spiro atoms. The van der Waals surface area contributed by atoms with E-state index in [9.17, 15) is 14.4 Å². The highest BCUT2D eigenvalue weighted by molar-refractivity contribution is 8.00. The van der Waals surface area contributed by atoms with Crippen molar-refractivity contribution in [1.82, 2.24) is 10.3 Å². The first-order chi connectivity index (χ1) is 21.9. The second-order valence-electron chi connectivity index (χ2n) is 9.46. The van der Waals surface area contributed by atoms with Crippen LogP contribution in [0.5, 0.6) is 5.75 Å². The fourth-order valence-electron chi connectivity index (χ4n) is 4.17. The van der Waals surface area contributed by atoms with Crippen LogP contribution in [-0.2, 0) is 9.59 Å². The van der Waals surface area contributed by atoms with E-state index in [2.05, 4.69) is 20.9 Å². The first kappa shape index (κ1) is 31.5. The van der Waals surface area contributed by atoms with Gasteiger partial charge in [-0.15, -0.1) is 23.1 Å². The number of amides is 3. The van der Waals surface area contributed by atoms with Gasteiger partial charge < -0.3 is 20.7 Å². The lowest BCUT2D eigenvalue weighted by Crippen LogP contribution is -2.30. The van der Waals surface area contributed by atoms with Crippen LogP contribution in [0, 0.1) is 0 Å². The van der Waals surface area contributed by atoms with E-state index in [1.165, 1.54) is 30.2 Å². The highest BCUT2D eigenvalue weighted by Crippen LogP contribution is 2.30. The summed E-state index contributed by atoms with van der Waals surface area (Å²) in [4.78, 5) is 44.4. The van der Waals surface area contributed by atoms with Gasteiger partial charge in [0, 0.05) is 37.7 Å². The molecule has 0 radical (unpaired) electrons. The molecule has 45 heavy (non-hydrogen) atoms. The zero-order valence-electron chi connectivity index (χ0n) is 24.0. The quantitative estimate of drug-likeness (QED) is 0.0999. The summed E-state index contributed by atoms with van der Waals surface area (Å²) in [5.41, 5.74) is 3.04. The molecule has 0 bridgehead atoms. The van der Waals surface area contributed by atoms with Crippen LogP contribution in [0.2, 0.25) is 5.02 Å². The number of anilines is 2. The number of hydrogen-bond acceptors (Lipinski definition) is 7. The summed E-state index contributed by atoms with van der Waals surface area (Å²) >= 11 is 8.90. The van der Waals surface area contributed by atoms with Crippen LogP contribution >= 0.6 is 34.7 Å². The number of nitrogens with one attached hydrogen (secondary N) is 3. The third-order valence-electron chi connectivity index (χ3n) is 6.33. The Labute approximate surface area is 273 Å². The maximum Gasteiger partial charge on any atom is 0.272 e. The SMILES string of the molecule is COc1ccccc1/C=C(/NC(=O)c1ccccc1)C(=O)Nc1cccc(SCC(=O)Nc2nc(-c3ccccc3Cl)cs2)c1. The van der Waals surface area contributed by atoms with Crippen molar-refractivity contribution in [2.75, 3.05) is 23.5 Å².